The fourth-order valence-corrected chi connectivity index (χ4v) is 6.79. The maximum absolute atomic E-state index is 13.3. The number of rotatable bonds is 6. The fourth-order valence-electron chi connectivity index (χ4n) is 4.60. The van der Waals surface area contributed by atoms with Crippen LogP contribution in [0.15, 0.2) is 23.4 Å². The second-order valence-corrected chi connectivity index (χ2v) is 12.7. The molecule has 1 saturated carbocycles. The molecule has 2 aliphatic heterocycles. The Morgan fingerprint density at radius 1 is 1.21 bits per heavy atom. The lowest BCUT2D eigenvalue weighted by atomic mass is 10.1. The summed E-state index contributed by atoms with van der Waals surface area (Å²) in [6.45, 7) is 4.48. The minimum absolute atomic E-state index is 0.0369. The zero-order valence-electron chi connectivity index (χ0n) is 20.3. The number of sulfonamides is 1. The molecule has 0 spiro atoms. The molecule has 0 radical (unpaired) electrons. The maximum Gasteiger partial charge on any atom is 0.445 e. The van der Waals surface area contributed by atoms with Gasteiger partial charge in [-0.2, -0.15) is 13.2 Å². The molecule has 3 aliphatic rings. The number of fused-ring (bicyclic) bond motifs is 1. The summed E-state index contributed by atoms with van der Waals surface area (Å²) in [4.78, 5) is 20.7. The molecular formula is C22H25F3N8O3S2. The second kappa shape index (κ2) is 8.86. The molecule has 3 aromatic rings. The first-order valence-electron chi connectivity index (χ1n) is 12.2. The smallest absolute Gasteiger partial charge is 0.366 e. The maximum atomic E-state index is 13.3. The third kappa shape index (κ3) is 4.63. The highest BCUT2D eigenvalue weighted by Crippen LogP contribution is 2.38. The summed E-state index contributed by atoms with van der Waals surface area (Å²) in [5.74, 6) is 0.122. The van der Waals surface area contributed by atoms with E-state index in [0.717, 1.165) is 13.0 Å². The summed E-state index contributed by atoms with van der Waals surface area (Å²) in [6, 6.07) is 1.41. The zero-order chi connectivity index (χ0) is 26.9. The molecule has 6 rings (SSSR count). The lowest BCUT2D eigenvalue weighted by Crippen LogP contribution is -2.58. The number of piperazine rings is 1. The average molecular weight is 571 g/mol. The average Bonchev–Trinajstić information content (AvgIpc) is 3.22. The molecule has 204 valence electrons. The largest absolute Gasteiger partial charge is 0.445 e. The molecule has 5 heterocycles. The van der Waals surface area contributed by atoms with Gasteiger partial charge >= 0.3 is 6.18 Å². The summed E-state index contributed by atoms with van der Waals surface area (Å²) in [5.41, 5.74) is 0.552. The minimum atomic E-state index is -4.65. The van der Waals surface area contributed by atoms with Crippen molar-refractivity contribution < 1.29 is 26.4 Å². The topological polar surface area (TPSA) is 125 Å². The van der Waals surface area contributed by atoms with E-state index in [9.17, 15) is 26.4 Å². The standard InChI is InChI=1S/C22H25F3N8O3S2/c1-21(3-4-21)30-38(35,36)13-10-15(31-6-8-32(9-7-31)19(34)14-2-5-26-14)16-11-27-17(33(16)12-13)18-28-29-20(37-18)22(23,24)25/h10-12,14,26,30H,2-9H2,1H3/t14-/m0/s1. The van der Waals surface area contributed by atoms with Gasteiger partial charge in [0.1, 0.15) is 4.90 Å². The molecule has 1 atom stereocenters. The summed E-state index contributed by atoms with van der Waals surface area (Å²) in [5, 5.41) is 8.85. The van der Waals surface area contributed by atoms with Gasteiger partial charge in [0.2, 0.25) is 20.9 Å². The fraction of sp³-hybridized carbons (Fsp3) is 0.545. The normalized spacial score (nSPS) is 21.5. The molecule has 0 unspecified atom stereocenters. The Morgan fingerprint density at radius 3 is 2.50 bits per heavy atom. The van der Waals surface area contributed by atoms with Crippen molar-refractivity contribution in [3.05, 3.63) is 23.5 Å². The lowest BCUT2D eigenvalue weighted by molar-refractivity contribution is -0.138. The van der Waals surface area contributed by atoms with Gasteiger partial charge in [-0.15, -0.1) is 10.2 Å². The van der Waals surface area contributed by atoms with Crippen LogP contribution in [0.3, 0.4) is 0 Å². The van der Waals surface area contributed by atoms with Crippen LogP contribution < -0.4 is 14.9 Å². The monoisotopic (exact) mass is 570 g/mol. The number of nitrogens with zero attached hydrogens (tertiary/aromatic N) is 6. The minimum Gasteiger partial charge on any atom is -0.366 e. The van der Waals surface area contributed by atoms with Crippen molar-refractivity contribution in [1.82, 2.24) is 34.5 Å². The lowest BCUT2D eigenvalue weighted by Gasteiger charge is -2.39. The Morgan fingerprint density at radius 2 is 1.92 bits per heavy atom. The number of carbonyl (C=O) groups excluding carboxylic acids is 1. The predicted molar refractivity (Wildman–Crippen MR) is 132 cm³/mol. The highest BCUT2D eigenvalue weighted by atomic mass is 32.2. The molecule has 0 bridgehead atoms. The molecule has 0 aromatic carbocycles. The van der Waals surface area contributed by atoms with Crippen molar-refractivity contribution >= 4 is 38.5 Å². The number of anilines is 1. The number of carbonyl (C=O) groups is 1. The number of pyridine rings is 1. The van der Waals surface area contributed by atoms with E-state index in [1.165, 1.54) is 16.8 Å². The molecule has 1 aliphatic carbocycles. The summed E-state index contributed by atoms with van der Waals surface area (Å²) in [6.07, 6.45) is 0.431. The molecule has 38 heavy (non-hydrogen) atoms. The van der Waals surface area contributed by atoms with Crippen LogP contribution in [0, 0.1) is 0 Å². The molecule has 11 nitrogen and oxygen atoms in total. The number of nitrogens with one attached hydrogen (secondary N) is 2. The van der Waals surface area contributed by atoms with Gasteiger partial charge in [-0.1, -0.05) is 11.3 Å². The molecule has 16 heteroatoms. The molecule has 2 saturated heterocycles. The van der Waals surface area contributed by atoms with E-state index in [0.29, 0.717) is 61.6 Å². The van der Waals surface area contributed by atoms with Crippen LogP contribution in [0.25, 0.3) is 16.3 Å². The molecular weight excluding hydrogens is 545 g/mol. The molecule has 2 N–H and O–H groups in total. The van der Waals surface area contributed by atoms with Gasteiger partial charge in [-0.25, -0.2) is 18.1 Å². The molecule has 3 aromatic heterocycles. The van der Waals surface area contributed by atoms with Crippen molar-refractivity contribution in [3.8, 4) is 10.8 Å². The third-order valence-electron chi connectivity index (χ3n) is 7.20. The number of aromatic nitrogens is 4. The van der Waals surface area contributed by atoms with Crippen LogP contribution in [0.5, 0.6) is 0 Å². The third-order valence-corrected chi connectivity index (χ3v) is 9.77. The van der Waals surface area contributed by atoms with Crippen LogP contribution >= 0.6 is 11.3 Å². The number of hydrogen-bond donors (Lipinski definition) is 2. The van der Waals surface area contributed by atoms with Crippen LogP contribution in [-0.4, -0.2) is 83.1 Å². The van der Waals surface area contributed by atoms with E-state index in [-0.39, 0.29) is 27.7 Å². The van der Waals surface area contributed by atoms with Crippen LogP contribution in [0.4, 0.5) is 18.9 Å². The highest BCUT2D eigenvalue weighted by Gasteiger charge is 2.42. The Balaban J connectivity index is 1.38. The van der Waals surface area contributed by atoms with Crippen LogP contribution in [-0.2, 0) is 21.0 Å². The molecule has 3 fully saturated rings. The zero-order valence-corrected chi connectivity index (χ0v) is 22.0. The summed E-state index contributed by atoms with van der Waals surface area (Å²) >= 11 is 0.342. The van der Waals surface area contributed by atoms with Gasteiger partial charge < -0.3 is 15.1 Å². The van der Waals surface area contributed by atoms with Crippen molar-refractivity contribution in [2.45, 2.75) is 48.8 Å². The summed E-state index contributed by atoms with van der Waals surface area (Å²) < 4.78 is 70.3. The van der Waals surface area contributed by atoms with Crippen molar-refractivity contribution in [2.24, 2.45) is 0 Å². The number of halogens is 3. The second-order valence-electron chi connectivity index (χ2n) is 10.1. The van der Waals surface area contributed by atoms with Crippen molar-refractivity contribution in [2.75, 3.05) is 37.6 Å². The van der Waals surface area contributed by atoms with E-state index in [4.69, 9.17) is 0 Å². The highest BCUT2D eigenvalue weighted by molar-refractivity contribution is 7.89. The van der Waals surface area contributed by atoms with Gasteiger partial charge in [0.25, 0.3) is 0 Å². The van der Waals surface area contributed by atoms with E-state index in [1.807, 2.05) is 11.8 Å². The quantitative estimate of drug-likeness (QED) is 0.459. The number of amides is 1. The van der Waals surface area contributed by atoms with Gasteiger partial charge in [-0.05, 0) is 38.8 Å². The van der Waals surface area contributed by atoms with Gasteiger partial charge in [0.15, 0.2) is 10.8 Å². The predicted octanol–water partition coefficient (Wildman–Crippen LogP) is 1.71. The van der Waals surface area contributed by atoms with Crippen molar-refractivity contribution in [3.63, 3.8) is 0 Å². The Kier molecular flexibility index (Phi) is 5.93. The van der Waals surface area contributed by atoms with Gasteiger partial charge in [0, 0.05) is 37.9 Å². The first-order valence-corrected chi connectivity index (χ1v) is 14.5. The van der Waals surface area contributed by atoms with E-state index < -0.39 is 26.7 Å². The SMILES string of the molecule is CC1(NS(=O)(=O)c2cc(N3CCN(C(=O)[C@@H]4CCN4)CC3)c3cnc(-c4nnc(C(F)(F)F)s4)n3c2)CC1. The van der Waals surface area contributed by atoms with E-state index >= 15 is 0 Å². The van der Waals surface area contributed by atoms with Crippen LogP contribution in [0.2, 0.25) is 0 Å². The first kappa shape index (κ1) is 25.5. The summed E-state index contributed by atoms with van der Waals surface area (Å²) in [7, 11) is -3.94. The Bertz CT molecular complexity index is 1500. The van der Waals surface area contributed by atoms with Gasteiger partial charge in [0.05, 0.1) is 23.4 Å². The van der Waals surface area contributed by atoms with Crippen molar-refractivity contribution in [1.29, 1.82) is 0 Å². The number of alkyl halides is 3. The number of imidazole rings is 1. The number of hydrogen-bond acceptors (Lipinski definition) is 9. The van der Waals surface area contributed by atoms with E-state index in [1.54, 1.807) is 11.0 Å². The Labute approximate surface area is 220 Å². The van der Waals surface area contributed by atoms with E-state index in [2.05, 4.69) is 25.2 Å². The molecule has 1 amide bonds. The Hall–Kier alpha value is -2.82. The first-order chi connectivity index (χ1) is 17.9. The van der Waals surface area contributed by atoms with Crippen LogP contribution in [0.1, 0.15) is 31.2 Å². The van der Waals surface area contributed by atoms with Gasteiger partial charge in [-0.3, -0.25) is 9.20 Å².